The van der Waals surface area contributed by atoms with Crippen LogP contribution < -0.4 is 0 Å². The molecule has 1 aliphatic rings. The molecule has 0 aromatic carbocycles. The first-order valence-corrected chi connectivity index (χ1v) is 6.52. The highest BCUT2D eigenvalue weighted by molar-refractivity contribution is 7.85. The molecule has 0 aromatic rings. The van der Waals surface area contributed by atoms with Crippen LogP contribution in [-0.4, -0.2) is 26.9 Å². The van der Waals surface area contributed by atoms with Gasteiger partial charge in [-0.05, 0) is 25.7 Å². The van der Waals surface area contributed by atoms with Crippen molar-refractivity contribution in [3.63, 3.8) is 0 Å². The first kappa shape index (κ1) is 13.9. The van der Waals surface area contributed by atoms with Gasteiger partial charge < -0.3 is 5.11 Å². The smallest absolute Gasteiger partial charge is 0.326 e. The number of rotatable bonds is 4. The van der Waals surface area contributed by atoms with Gasteiger partial charge in [-0.1, -0.05) is 19.3 Å². The quantitative estimate of drug-likeness (QED) is 0.538. The van der Waals surface area contributed by atoms with Gasteiger partial charge in [0, 0.05) is 0 Å². The maximum atomic E-state index is 12.0. The van der Waals surface area contributed by atoms with Crippen LogP contribution in [0.25, 0.3) is 0 Å². The van der Waals surface area contributed by atoms with Crippen LogP contribution in [0.5, 0.6) is 0 Å². The number of hydrogen-bond donors (Lipinski definition) is 3. The topological polar surface area (TPSA) is 54.4 Å². The first-order valence-electron chi connectivity index (χ1n) is 5.55. The highest BCUT2D eigenvalue weighted by Gasteiger charge is 2.42. The highest BCUT2D eigenvalue weighted by Crippen LogP contribution is 2.32. The van der Waals surface area contributed by atoms with Crippen LogP contribution in [-0.2, 0) is 9.59 Å². The third-order valence-electron chi connectivity index (χ3n) is 3.26. The number of aliphatic carboxylic acids is 1. The maximum absolute atomic E-state index is 12.0. The number of thiol groups is 2. The molecule has 0 aliphatic heterocycles. The monoisotopic (exact) mass is 262 g/mol. The van der Waals surface area contributed by atoms with Gasteiger partial charge in [-0.15, -0.1) is 0 Å². The van der Waals surface area contributed by atoms with Crippen LogP contribution in [0.1, 0.15) is 39.0 Å². The van der Waals surface area contributed by atoms with Crippen LogP contribution in [0.4, 0.5) is 0 Å². The van der Waals surface area contributed by atoms with Gasteiger partial charge >= 0.3 is 5.97 Å². The van der Waals surface area contributed by atoms with Crippen molar-refractivity contribution in [1.29, 1.82) is 0 Å². The van der Waals surface area contributed by atoms with E-state index < -0.39 is 21.7 Å². The van der Waals surface area contributed by atoms with Gasteiger partial charge in [0.25, 0.3) is 0 Å². The third kappa shape index (κ3) is 2.94. The second kappa shape index (κ2) is 5.45. The standard InChI is InChI=1S/C11H18O3S2/c1-11(16,10(13)14)9(12)8(15)7-5-3-2-4-6-7/h7-8,15-16H,2-6H2,1H3,(H,13,14). The fraction of sp³-hybridized carbons (Fsp3) is 0.818. The Hall–Kier alpha value is -0.160. The summed E-state index contributed by atoms with van der Waals surface area (Å²) < 4.78 is -1.62. The molecule has 0 aromatic heterocycles. The molecule has 0 spiro atoms. The second-order valence-electron chi connectivity index (χ2n) is 4.58. The Kier molecular flexibility index (Phi) is 4.73. The van der Waals surface area contributed by atoms with Gasteiger partial charge in [0.2, 0.25) is 0 Å². The molecule has 92 valence electrons. The second-order valence-corrected chi connectivity index (χ2v) is 6.04. The summed E-state index contributed by atoms with van der Waals surface area (Å²) in [4.78, 5) is 22.9. The molecule has 16 heavy (non-hydrogen) atoms. The molecule has 0 radical (unpaired) electrons. The van der Waals surface area contributed by atoms with Gasteiger partial charge in [-0.25, -0.2) is 0 Å². The predicted octanol–water partition coefficient (Wildman–Crippen LogP) is 2.21. The summed E-state index contributed by atoms with van der Waals surface area (Å²) in [5.74, 6) is -1.38. The molecule has 1 N–H and O–H groups in total. The summed E-state index contributed by atoms with van der Waals surface area (Å²) in [7, 11) is 0. The Bertz CT molecular complexity index is 283. The first-order chi connectivity index (χ1) is 7.37. The Balaban J connectivity index is 2.69. The molecule has 1 aliphatic carbocycles. The largest absolute Gasteiger partial charge is 0.480 e. The zero-order chi connectivity index (χ0) is 12.3. The Labute approximate surface area is 107 Å². The van der Waals surface area contributed by atoms with Gasteiger partial charge in [0.05, 0.1) is 5.25 Å². The number of carbonyl (C=O) groups excluding carboxylic acids is 1. The van der Waals surface area contributed by atoms with Crippen molar-refractivity contribution in [2.75, 3.05) is 0 Å². The fourth-order valence-electron chi connectivity index (χ4n) is 2.06. The molecule has 1 fully saturated rings. The lowest BCUT2D eigenvalue weighted by Crippen LogP contribution is -2.45. The number of carbonyl (C=O) groups is 2. The zero-order valence-electron chi connectivity index (χ0n) is 9.35. The third-order valence-corrected chi connectivity index (χ3v) is 4.33. The number of Topliss-reactive ketones (excluding diaryl/α,β-unsaturated/α-hetero) is 1. The van der Waals surface area contributed by atoms with Crippen LogP contribution in [0, 0.1) is 5.92 Å². The normalized spacial score (nSPS) is 23.4. The Morgan fingerprint density at radius 3 is 2.25 bits per heavy atom. The minimum Gasteiger partial charge on any atom is -0.480 e. The summed E-state index contributed by atoms with van der Waals surface area (Å²) in [6, 6.07) is 0. The lowest BCUT2D eigenvalue weighted by atomic mass is 9.83. The van der Waals surface area contributed by atoms with E-state index in [-0.39, 0.29) is 5.92 Å². The molecule has 0 saturated heterocycles. The van der Waals surface area contributed by atoms with E-state index >= 15 is 0 Å². The molecule has 0 heterocycles. The molecular formula is C11H18O3S2. The maximum Gasteiger partial charge on any atom is 0.326 e. The van der Waals surface area contributed by atoms with Crippen molar-refractivity contribution in [3.05, 3.63) is 0 Å². The van der Waals surface area contributed by atoms with Gasteiger partial charge in [-0.3, -0.25) is 9.59 Å². The molecule has 0 amide bonds. The summed E-state index contributed by atoms with van der Waals surface area (Å²) >= 11 is 8.23. The average Bonchev–Trinajstić information content (AvgIpc) is 2.28. The summed E-state index contributed by atoms with van der Waals surface area (Å²) in [6.45, 7) is 1.33. The van der Waals surface area contributed by atoms with Crippen molar-refractivity contribution in [3.8, 4) is 0 Å². The molecule has 0 bridgehead atoms. The predicted molar refractivity (Wildman–Crippen MR) is 69.4 cm³/mol. The molecule has 1 rings (SSSR count). The van der Waals surface area contributed by atoms with Crippen molar-refractivity contribution >= 4 is 37.0 Å². The molecule has 5 heteroatoms. The summed E-state index contributed by atoms with van der Waals surface area (Å²) in [5.41, 5.74) is 0. The SMILES string of the molecule is CC(S)(C(=O)O)C(=O)C(S)C1CCCCC1. The minimum atomic E-state index is -1.62. The number of ketones is 1. The molecular weight excluding hydrogens is 244 g/mol. The van der Waals surface area contributed by atoms with Gasteiger partial charge in [0.1, 0.15) is 0 Å². The van der Waals surface area contributed by atoms with Crippen LogP contribution >= 0.6 is 25.3 Å². The van der Waals surface area contributed by atoms with Gasteiger partial charge in [-0.2, -0.15) is 25.3 Å². The van der Waals surface area contributed by atoms with E-state index in [0.717, 1.165) is 25.7 Å². The van der Waals surface area contributed by atoms with E-state index in [1.165, 1.54) is 13.3 Å². The van der Waals surface area contributed by atoms with Crippen LogP contribution in [0.15, 0.2) is 0 Å². The van der Waals surface area contributed by atoms with E-state index in [1.807, 2.05) is 0 Å². The summed E-state index contributed by atoms with van der Waals surface area (Å²) in [5, 5.41) is 8.43. The molecule has 3 nitrogen and oxygen atoms in total. The Morgan fingerprint density at radius 1 is 1.31 bits per heavy atom. The Morgan fingerprint density at radius 2 is 1.81 bits per heavy atom. The number of carboxylic acids is 1. The van der Waals surface area contributed by atoms with Crippen molar-refractivity contribution in [2.45, 2.75) is 49.0 Å². The zero-order valence-corrected chi connectivity index (χ0v) is 11.1. The fourth-order valence-corrected chi connectivity index (χ4v) is 2.85. The number of carboxylic acid groups (broad SMARTS) is 1. The summed E-state index contributed by atoms with van der Waals surface area (Å²) in [6.07, 6.45) is 5.33. The van der Waals surface area contributed by atoms with E-state index in [0.29, 0.717) is 0 Å². The molecule has 1 saturated carbocycles. The molecule has 2 unspecified atom stereocenters. The number of hydrogen-bond acceptors (Lipinski definition) is 4. The highest BCUT2D eigenvalue weighted by atomic mass is 32.1. The average molecular weight is 262 g/mol. The van der Waals surface area contributed by atoms with Gasteiger partial charge in [0.15, 0.2) is 10.5 Å². The van der Waals surface area contributed by atoms with E-state index in [2.05, 4.69) is 25.3 Å². The molecule has 2 atom stereocenters. The van der Waals surface area contributed by atoms with Crippen LogP contribution in [0.2, 0.25) is 0 Å². The van der Waals surface area contributed by atoms with Crippen molar-refractivity contribution < 1.29 is 14.7 Å². The minimum absolute atomic E-state index is 0.204. The van der Waals surface area contributed by atoms with Crippen molar-refractivity contribution in [1.82, 2.24) is 0 Å². The van der Waals surface area contributed by atoms with E-state index in [4.69, 9.17) is 5.11 Å². The van der Waals surface area contributed by atoms with E-state index in [1.54, 1.807) is 0 Å². The van der Waals surface area contributed by atoms with Crippen molar-refractivity contribution in [2.24, 2.45) is 5.92 Å². The van der Waals surface area contributed by atoms with Crippen LogP contribution in [0.3, 0.4) is 0 Å². The van der Waals surface area contributed by atoms with E-state index in [9.17, 15) is 9.59 Å². The lowest BCUT2D eigenvalue weighted by Gasteiger charge is -2.29. The lowest BCUT2D eigenvalue weighted by molar-refractivity contribution is -0.143.